The number of pyridine rings is 1. The second kappa shape index (κ2) is 8.07. The Morgan fingerprint density at radius 2 is 1.31 bits per heavy atom. The Morgan fingerprint density at radius 1 is 0.769 bits per heavy atom. The van der Waals surface area contributed by atoms with Gasteiger partial charge in [-0.3, -0.25) is 14.6 Å². The number of rotatable bonds is 5. The van der Waals surface area contributed by atoms with Crippen LogP contribution in [0.3, 0.4) is 0 Å². The normalized spacial score (nSPS) is 10.3. The number of carbonyl (C=O) groups excluding carboxylic acids is 2. The number of aromatic nitrogens is 1. The zero-order valence-electron chi connectivity index (χ0n) is 14.2. The summed E-state index contributed by atoms with van der Waals surface area (Å²) in [4.78, 5) is 29.0. The average Bonchev–Trinajstić information content (AvgIpc) is 2.69. The van der Waals surface area contributed by atoms with Gasteiger partial charge < -0.3 is 10.6 Å². The van der Waals surface area contributed by atoms with Crippen LogP contribution in [0.2, 0.25) is 0 Å². The molecule has 0 aliphatic carbocycles. The zero-order chi connectivity index (χ0) is 18.4. The molecule has 3 aromatic rings. The van der Waals surface area contributed by atoms with Gasteiger partial charge >= 0.3 is 11.8 Å². The van der Waals surface area contributed by atoms with Gasteiger partial charge in [-0.1, -0.05) is 54.6 Å². The minimum Gasteiger partial charge on any atom is -0.361 e. The molecular weight excluding hydrogens is 326 g/mol. The first kappa shape index (κ1) is 17.4. The summed E-state index contributed by atoms with van der Waals surface area (Å²) in [7, 11) is 0. The molecule has 0 aliphatic heterocycles. The molecule has 0 bridgehead atoms. The Balaban J connectivity index is 1.78. The Hall–Kier alpha value is -3.47. The summed E-state index contributed by atoms with van der Waals surface area (Å²) in [6.07, 6.45) is 3.30. The van der Waals surface area contributed by atoms with E-state index < -0.39 is 11.8 Å². The monoisotopic (exact) mass is 345 g/mol. The van der Waals surface area contributed by atoms with Crippen LogP contribution in [0.4, 0.5) is 0 Å². The predicted octanol–water partition coefficient (Wildman–Crippen LogP) is 2.76. The number of hydrogen-bond donors (Lipinski definition) is 1. The van der Waals surface area contributed by atoms with Gasteiger partial charge in [-0.05, 0) is 34.4 Å². The van der Waals surface area contributed by atoms with E-state index in [1.165, 1.54) is 4.90 Å². The van der Waals surface area contributed by atoms with Crippen molar-refractivity contribution in [2.45, 2.75) is 13.1 Å². The first-order valence-corrected chi connectivity index (χ1v) is 8.25. The highest BCUT2D eigenvalue weighted by Crippen LogP contribution is 2.20. The maximum atomic E-state index is 12.2. The van der Waals surface area contributed by atoms with Gasteiger partial charge in [0.2, 0.25) is 0 Å². The molecule has 0 unspecified atom stereocenters. The fourth-order valence-electron chi connectivity index (χ4n) is 2.72. The first-order chi connectivity index (χ1) is 12.6. The topological polar surface area (TPSA) is 76.3 Å². The van der Waals surface area contributed by atoms with Crippen LogP contribution in [0, 0.1) is 0 Å². The van der Waals surface area contributed by atoms with E-state index in [-0.39, 0.29) is 0 Å². The molecule has 1 heterocycles. The lowest BCUT2D eigenvalue weighted by atomic mass is 10.0. The molecule has 26 heavy (non-hydrogen) atoms. The summed E-state index contributed by atoms with van der Waals surface area (Å²) in [5.74, 6) is -1.66. The lowest BCUT2D eigenvalue weighted by molar-refractivity contribution is -0.145. The fraction of sp³-hybridized carbons (Fsp3) is 0.0952. The first-order valence-electron chi connectivity index (χ1n) is 8.25. The van der Waals surface area contributed by atoms with E-state index in [9.17, 15) is 9.59 Å². The van der Waals surface area contributed by atoms with E-state index in [1.54, 1.807) is 24.5 Å². The smallest absolute Gasteiger partial charge is 0.312 e. The highest BCUT2D eigenvalue weighted by molar-refractivity contribution is 6.34. The van der Waals surface area contributed by atoms with Crippen LogP contribution in [0.15, 0.2) is 79.1 Å². The van der Waals surface area contributed by atoms with Crippen LogP contribution in [-0.4, -0.2) is 21.7 Å². The minimum absolute atomic E-state index is 0.296. The van der Waals surface area contributed by atoms with Crippen molar-refractivity contribution in [3.63, 3.8) is 0 Å². The van der Waals surface area contributed by atoms with Crippen LogP contribution in [0.25, 0.3) is 11.1 Å². The maximum Gasteiger partial charge on any atom is 0.312 e. The van der Waals surface area contributed by atoms with E-state index in [1.807, 2.05) is 54.6 Å². The lowest BCUT2D eigenvalue weighted by Crippen LogP contribution is -2.39. The Kier molecular flexibility index (Phi) is 5.39. The molecule has 0 saturated carbocycles. The van der Waals surface area contributed by atoms with Crippen LogP contribution in [0.1, 0.15) is 11.1 Å². The average molecular weight is 345 g/mol. The van der Waals surface area contributed by atoms with E-state index in [2.05, 4.69) is 4.98 Å². The number of carbonyl (C=O) groups is 2. The van der Waals surface area contributed by atoms with Crippen molar-refractivity contribution in [3.05, 3.63) is 90.3 Å². The second-order valence-electron chi connectivity index (χ2n) is 5.94. The van der Waals surface area contributed by atoms with Gasteiger partial charge in [0.1, 0.15) is 0 Å². The van der Waals surface area contributed by atoms with Crippen molar-refractivity contribution in [1.82, 2.24) is 9.88 Å². The second-order valence-corrected chi connectivity index (χ2v) is 5.94. The zero-order valence-corrected chi connectivity index (χ0v) is 14.2. The molecular formula is C21H19N3O2. The van der Waals surface area contributed by atoms with Gasteiger partial charge in [0.15, 0.2) is 0 Å². The fourth-order valence-corrected chi connectivity index (χ4v) is 2.72. The number of nitrogens with two attached hydrogens (primary N) is 1. The molecule has 0 radical (unpaired) electrons. The Morgan fingerprint density at radius 3 is 1.88 bits per heavy atom. The molecule has 0 spiro atoms. The number of benzene rings is 2. The van der Waals surface area contributed by atoms with E-state index in [0.29, 0.717) is 13.1 Å². The highest BCUT2D eigenvalue weighted by Gasteiger charge is 2.19. The van der Waals surface area contributed by atoms with Crippen LogP contribution >= 0.6 is 0 Å². The third-order valence-electron chi connectivity index (χ3n) is 4.06. The van der Waals surface area contributed by atoms with Gasteiger partial charge in [-0.25, -0.2) is 0 Å². The number of amides is 2. The third-order valence-corrected chi connectivity index (χ3v) is 4.06. The van der Waals surface area contributed by atoms with Crippen molar-refractivity contribution >= 4 is 11.8 Å². The van der Waals surface area contributed by atoms with Crippen molar-refractivity contribution in [2.75, 3.05) is 0 Å². The van der Waals surface area contributed by atoms with Crippen molar-refractivity contribution in [1.29, 1.82) is 0 Å². The van der Waals surface area contributed by atoms with Crippen LogP contribution in [0.5, 0.6) is 0 Å². The lowest BCUT2D eigenvalue weighted by Gasteiger charge is -2.21. The summed E-state index contributed by atoms with van der Waals surface area (Å²) >= 11 is 0. The molecule has 5 nitrogen and oxygen atoms in total. The number of primary amides is 1. The largest absolute Gasteiger partial charge is 0.361 e. The van der Waals surface area contributed by atoms with Crippen LogP contribution < -0.4 is 5.73 Å². The molecule has 0 atom stereocenters. The van der Waals surface area contributed by atoms with E-state index in [4.69, 9.17) is 5.73 Å². The van der Waals surface area contributed by atoms with Gasteiger partial charge in [0.05, 0.1) is 0 Å². The highest BCUT2D eigenvalue weighted by atomic mass is 16.2. The Labute approximate surface area is 152 Å². The summed E-state index contributed by atoms with van der Waals surface area (Å²) in [5, 5.41) is 0. The molecule has 2 N–H and O–H groups in total. The van der Waals surface area contributed by atoms with E-state index in [0.717, 1.165) is 22.3 Å². The molecule has 0 fully saturated rings. The molecule has 5 heteroatoms. The summed E-state index contributed by atoms with van der Waals surface area (Å²) in [6, 6.07) is 21.6. The summed E-state index contributed by atoms with van der Waals surface area (Å²) < 4.78 is 0. The Bertz CT molecular complexity index is 878. The van der Waals surface area contributed by atoms with E-state index >= 15 is 0 Å². The predicted molar refractivity (Wildman–Crippen MR) is 99.6 cm³/mol. The molecule has 3 rings (SSSR count). The molecule has 0 aliphatic rings. The molecule has 130 valence electrons. The standard InChI is InChI=1S/C21H19N3O2/c22-20(25)21(26)24(15-17-10-12-23-13-11-17)14-16-6-8-19(9-7-16)18-4-2-1-3-5-18/h1-13H,14-15H2,(H2,22,25). The van der Waals surface area contributed by atoms with Gasteiger partial charge in [-0.2, -0.15) is 0 Å². The van der Waals surface area contributed by atoms with Gasteiger partial charge in [0.25, 0.3) is 0 Å². The van der Waals surface area contributed by atoms with Crippen LogP contribution in [-0.2, 0) is 22.7 Å². The molecule has 2 aromatic carbocycles. The van der Waals surface area contributed by atoms with Crippen molar-refractivity contribution in [2.24, 2.45) is 5.73 Å². The molecule has 1 aromatic heterocycles. The van der Waals surface area contributed by atoms with Crippen molar-refractivity contribution in [3.8, 4) is 11.1 Å². The molecule has 2 amide bonds. The summed E-state index contributed by atoms with van der Waals surface area (Å²) in [5.41, 5.74) is 9.23. The summed E-state index contributed by atoms with van der Waals surface area (Å²) in [6.45, 7) is 0.601. The maximum absolute atomic E-state index is 12.2. The third kappa shape index (κ3) is 4.33. The van der Waals surface area contributed by atoms with Gasteiger partial charge in [-0.15, -0.1) is 0 Å². The van der Waals surface area contributed by atoms with Crippen molar-refractivity contribution < 1.29 is 9.59 Å². The number of hydrogen-bond acceptors (Lipinski definition) is 3. The van der Waals surface area contributed by atoms with Gasteiger partial charge in [0, 0.05) is 25.5 Å². The number of nitrogens with zero attached hydrogens (tertiary/aromatic N) is 2. The molecule has 0 saturated heterocycles. The SMILES string of the molecule is NC(=O)C(=O)N(Cc1ccncc1)Cc1ccc(-c2ccccc2)cc1. The minimum atomic E-state index is -0.958. The quantitative estimate of drug-likeness (QED) is 0.723.